The lowest BCUT2D eigenvalue weighted by Crippen LogP contribution is -2.11. The number of nitrogens with zero attached hydrogens (tertiary/aromatic N) is 1. The smallest absolute Gasteiger partial charge is 0.147 e. The maximum absolute atomic E-state index is 11.4. The highest BCUT2D eigenvalue weighted by atomic mass is 32.2. The number of hydrogen-bond acceptors (Lipinski definition) is 4. The summed E-state index contributed by atoms with van der Waals surface area (Å²) in [6.45, 7) is 0. The highest BCUT2D eigenvalue weighted by molar-refractivity contribution is 7.90. The van der Waals surface area contributed by atoms with Crippen molar-refractivity contribution in [1.29, 1.82) is 0 Å². The van der Waals surface area contributed by atoms with E-state index in [4.69, 9.17) is 0 Å². The van der Waals surface area contributed by atoms with Crippen molar-refractivity contribution in [3.05, 3.63) is 30.1 Å². The molecule has 0 radical (unpaired) electrons. The monoisotopic (exact) mass is 227 g/mol. The zero-order valence-corrected chi connectivity index (χ0v) is 9.33. The third-order valence-corrected chi connectivity index (χ3v) is 2.82. The Bertz CT molecular complexity index is 425. The number of sulfone groups is 1. The highest BCUT2D eigenvalue weighted by Gasteiger charge is 2.08. The molecule has 0 bridgehead atoms. The van der Waals surface area contributed by atoms with Crippen molar-refractivity contribution in [2.24, 2.45) is 0 Å². The Morgan fingerprint density at radius 1 is 1.47 bits per heavy atom. The van der Waals surface area contributed by atoms with Crippen LogP contribution in [0.2, 0.25) is 0 Å². The average Bonchev–Trinajstić information content (AvgIpc) is 2.15. The molecule has 0 saturated carbocycles. The van der Waals surface area contributed by atoms with Crippen LogP contribution in [0.25, 0.3) is 0 Å². The summed E-state index contributed by atoms with van der Waals surface area (Å²) in [5.74, 6) is -0.153. The van der Waals surface area contributed by atoms with Gasteiger partial charge in [-0.15, -0.1) is 0 Å². The Labute approximate surface area is 89.3 Å². The van der Waals surface area contributed by atoms with Gasteiger partial charge in [0, 0.05) is 31.5 Å². The van der Waals surface area contributed by atoms with Crippen molar-refractivity contribution < 1.29 is 13.2 Å². The lowest BCUT2D eigenvalue weighted by atomic mass is 10.1. The Morgan fingerprint density at radius 2 is 2.20 bits per heavy atom. The summed E-state index contributed by atoms with van der Waals surface area (Å²) in [5, 5.41) is 0. The van der Waals surface area contributed by atoms with Gasteiger partial charge in [0.15, 0.2) is 0 Å². The Hall–Kier alpha value is -1.23. The SMILES string of the molecule is CS(=O)(=O)CCC(=O)Cc1cccnc1. The number of aromatic nitrogens is 1. The van der Waals surface area contributed by atoms with E-state index in [0.717, 1.165) is 11.8 Å². The zero-order chi connectivity index (χ0) is 11.3. The molecule has 4 nitrogen and oxygen atoms in total. The van der Waals surface area contributed by atoms with Gasteiger partial charge in [-0.3, -0.25) is 9.78 Å². The van der Waals surface area contributed by atoms with Crippen molar-refractivity contribution in [3.8, 4) is 0 Å². The second-order valence-corrected chi connectivity index (χ2v) is 5.72. The van der Waals surface area contributed by atoms with Crippen LogP contribution in [0.5, 0.6) is 0 Å². The van der Waals surface area contributed by atoms with Gasteiger partial charge in [0.1, 0.15) is 15.6 Å². The molecule has 0 N–H and O–H groups in total. The maximum atomic E-state index is 11.4. The van der Waals surface area contributed by atoms with Gasteiger partial charge in [-0.2, -0.15) is 0 Å². The third-order valence-electron chi connectivity index (χ3n) is 1.88. The van der Waals surface area contributed by atoms with Gasteiger partial charge in [-0.05, 0) is 11.6 Å². The molecule has 0 saturated heterocycles. The summed E-state index contributed by atoms with van der Waals surface area (Å²) in [6.07, 6.45) is 4.70. The van der Waals surface area contributed by atoms with Gasteiger partial charge < -0.3 is 0 Å². The predicted octanol–water partition coefficient (Wildman–Crippen LogP) is 0.628. The number of ketones is 1. The molecular weight excluding hydrogens is 214 g/mol. The zero-order valence-electron chi connectivity index (χ0n) is 8.51. The molecule has 0 aromatic carbocycles. The van der Waals surface area contributed by atoms with Gasteiger partial charge in [0.05, 0.1) is 5.75 Å². The molecule has 1 rings (SSSR count). The first-order valence-corrected chi connectivity index (χ1v) is 6.62. The second kappa shape index (κ2) is 5.02. The molecule has 0 spiro atoms. The first kappa shape index (κ1) is 11.8. The largest absolute Gasteiger partial charge is 0.299 e. The number of rotatable bonds is 5. The van der Waals surface area contributed by atoms with Gasteiger partial charge in [-0.25, -0.2) is 8.42 Å². The molecule has 0 fully saturated rings. The molecule has 1 heterocycles. The lowest BCUT2D eigenvalue weighted by Gasteiger charge is -1.99. The average molecular weight is 227 g/mol. The van der Waals surface area contributed by atoms with Gasteiger partial charge >= 0.3 is 0 Å². The highest BCUT2D eigenvalue weighted by Crippen LogP contribution is 2.01. The number of Topliss-reactive ketones (excluding diaryl/α,β-unsaturated/α-hetero) is 1. The number of pyridine rings is 1. The minimum Gasteiger partial charge on any atom is -0.299 e. The minimum atomic E-state index is -3.05. The maximum Gasteiger partial charge on any atom is 0.147 e. The Morgan fingerprint density at radius 3 is 2.73 bits per heavy atom. The van der Waals surface area contributed by atoms with E-state index in [0.29, 0.717) is 0 Å². The predicted molar refractivity (Wildman–Crippen MR) is 57.3 cm³/mol. The van der Waals surface area contributed by atoms with E-state index < -0.39 is 9.84 Å². The van der Waals surface area contributed by atoms with Crippen LogP contribution in [0.15, 0.2) is 24.5 Å². The summed E-state index contributed by atoms with van der Waals surface area (Å²) in [4.78, 5) is 15.2. The van der Waals surface area contributed by atoms with Crippen LogP contribution >= 0.6 is 0 Å². The van der Waals surface area contributed by atoms with Crippen LogP contribution in [-0.4, -0.2) is 31.2 Å². The van der Waals surface area contributed by atoms with E-state index in [9.17, 15) is 13.2 Å². The topological polar surface area (TPSA) is 64.1 Å². The molecule has 5 heteroatoms. The molecule has 1 aromatic heterocycles. The number of carbonyl (C=O) groups excluding carboxylic acids is 1. The van der Waals surface area contributed by atoms with Gasteiger partial charge in [-0.1, -0.05) is 6.07 Å². The molecule has 0 aliphatic heterocycles. The standard InChI is InChI=1S/C10H13NO3S/c1-15(13,14)6-4-10(12)7-9-3-2-5-11-8-9/h2-3,5,8H,4,6-7H2,1H3. The molecule has 0 unspecified atom stereocenters. The first-order valence-electron chi connectivity index (χ1n) is 4.56. The fourth-order valence-corrected chi connectivity index (χ4v) is 1.72. The number of carbonyl (C=O) groups is 1. The van der Waals surface area contributed by atoms with Crippen LogP contribution in [0.4, 0.5) is 0 Å². The van der Waals surface area contributed by atoms with Gasteiger partial charge in [0.25, 0.3) is 0 Å². The van der Waals surface area contributed by atoms with Gasteiger partial charge in [0.2, 0.25) is 0 Å². The van der Waals surface area contributed by atoms with Crippen molar-refractivity contribution in [3.63, 3.8) is 0 Å². The quantitative estimate of drug-likeness (QED) is 0.740. The summed E-state index contributed by atoms with van der Waals surface area (Å²) in [5.41, 5.74) is 0.816. The molecule has 82 valence electrons. The summed E-state index contributed by atoms with van der Waals surface area (Å²) in [7, 11) is -3.05. The van der Waals surface area contributed by atoms with Crippen LogP contribution < -0.4 is 0 Å². The first-order chi connectivity index (χ1) is 6.97. The molecule has 0 aliphatic rings. The molecule has 15 heavy (non-hydrogen) atoms. The fourth-order valence-electron chi connectivity index (χ4n) is 1.12. The van der Waals surface area contributed by atoms with E-state index in [1.807, 2.05) is 0 Å². The minimum absolute atomic E-state index is 0.0755. The van der Waals surface area contributed by atoms with Crippen molar-refractivity contribution >= 4 is 15.6 Å². The Balaban J connectivity index is 2.44. The molecule has 0 aliphatic carbocycles. The molecule has 0 amide bonds. The molecule has 1 aromatic rings. The van der Waals surface area contributed by atoms with Crippen molar-refractivity contribution in [1.82, 2.24) is 4.98 Å². The second-order valence-electron chi connectivity index (χ2n) is 3.46. The van der Waals surface area contributed by atoms with Crippen molar-refractivity contribution in [2.75, 3.05) is 12.0 Å². The third kappa shape index (κ3) is 5.27. The van der Waals surface area contributed by atoms with Crippen LogP contribution in [0.1, 0.15) is 12.0 Å². The van der Waals surface area contributed by atoms with Crippen molar-refractivity contribution in [2.45, 2.75) is 12.8 Å². The van der Waals surface area contributed by atoms with E-state index in [1.54, 1.807) is 24.5 Å². The summed E-state index contributed by atoms with van der Waals surface area (Å²) >= 11 is 0. The lowest BCUT2D eigenvalue weighted by molar-refractivity contribution is -0.118. The summed E-state index contributed by atoms with van der Waals surface area (Å²) in [6, 6.07) is 3.55. The summed E-state index contributed by atoms with van der Waals surface area (Å²) < 4.78 is 21.6. The fraction of sp³-hybridized carbons (Fsp3) is 0.400. The van der Waals surface area contributed by atoms with Crippen LogP contribution in [0, 0.1) is 0 Å². The molecule has 0 atom stereocenters. The van der Waals surface area contributed by atoms with E-state index >= 15 is 0 Å². The van der Waals surface area contributed by atoms with E-state index in [-0.39, 0.29) is 24.4 Å². The van der Waals surface area contributed by atoms with Crippen LogP contribution in [-0.2, 0) is 21.1 Å². The molecular formula is C10H13NO3S. The number of hydrogen-bond donors (Lipinski definition) is 0. The van der Waals surface area contributed by atoms with E-state index in [2.05, 4.69) is 4.98 Å². The Kier molecular flexibility index (Phi) is 3.96. The normalized spacial score (nSPS) is 11.3. The van der Waals surface area contributed by atoms with E-state index in [1.165, 1.54) is 0 Å². The van der Waals surface area contributed by atoms with Crippen LogP contribution in [0.3, 0.4) is 0 Å².